The zero-order chi connectivity index (χ0) is 17.4. The van der Waals surface area contributed by atoms with Crippen LogP contribution in [0.25, 0.3) is 0 Å². The van der Waals surface area contributed by atoms with E-state index in [1.165, 1.54) is 5.56 Å². The van der Waals surface area contributed by atoms with E-state index in [1.54, 1.807) is 12.1 Å². The van der Waals surface area contributed by atoms with Crippen LogP contribution in [0.1, 0.15) is 5.56 Å². The van der Waals surface area contributed by atoms with E-state index in [4.69, 9.17) is 16.3 Å². The normalized spacial score (nSPS) is 12.0. The number of rotatable bonds is 8. The Balaban J connectivity index is 1.81. The summed E-state index contributed by atoms with van der Waals surface area (Å²) in [5.41, 5.74) is 1.25. The van der Waals surface area contributed by atoms with Crippen LogP contribution in [-0.2, 0) is 11.2 Å². The number of halogens is 1. The smallest absolute Gasteiger partial charge is 0.257 e. The maximum atomic E-state index is 12.0. The van der Waals surface area contributed by atoms with Gasteiger partial charge in [-0.1, -0.05) is 54.1 Å². The van der Waals surface area contributed by atoms with Gasteiger partial charge < -0.3 is 15.0 Å². The minimum atomic E-state index is -0.158. The second-order valence-corrected chi connectivity index (χ2v) is 6.24. The highest BCUT2D eigenvalue weighted by Gasteiger charge is 2.14. The van der Waals surface area contributed by atoms with Gasteiger partial charge in [0.05, 0.1) is 5.02 Å². The number of benzene rings is 2. The van der Waals surface area contributed by atoms with Crippen LogP contribution in [0.2, 0.25) is 5.02 Å². The molecule has 0 saturated heterocycles. The molecule has 0 spiro atoms. The number of ether oxygens (including phenoxy) is 1. The summed E-state index contributed by atoms with van der Waals surface area (Å²) in [6.45, 7) is 0.516. The molecule has 0 aliphatic heterocycles. The van der Waals surface area contributed by atoms with Crippen molar-refractivity contribution in [1.29, 1.82) is 0 Å². The van der Waals surface area contributed by atoms with E-state index in [0.29, 0.717) is 17.3 Å². The summed E-state index contributed by atoms with van der Waals surface area (Å²) in [6.07, 6.45) is 0.874. The second kappa shape index (κ2) is 9.30. The van der Waals surface area contributed by atoms with Gasteiger partial charge in [-0.05, 0) is 38.2 Å². The molecule has 1 atom stereocenters. The molecular weight excluding hydrogens is 324 g/mol. The van der Waals surface area contributed by atoms with Crippen molar-refractivity contribution in [2.45, 2.75) is 12.5 Å². The number of carbonyl (C=O) groups excluding carboxylic acids is 1. The molecule has 128 valence electrons. The van der Waals surface area contributed by atoms with Crippen molar-refractivity contribution in [2.24, 2.45) is 0 Å². The molecule has 0 fully saturated rings. The number of nitrogens with one attached hydrogen (secondary N) is 1. The van der Waals surface area contributed by atoms with Crippen molar-refractivity contribution >= 4 is 17.5 Å². The maximum Gasteiger partial charge on any atom is 0.257 e. The van der Waals surface area contributed by atoms with Gasteiger partial charge in [0.25, 0.3) is 5.91 Å². The molecule has 1 amide bonds. The molecule has 2 aromatic rings. The molecule has 0 saturated carbocycles. The van der Waals surface area contributed by atoms with Gasteiger partial charge in [0.1, 0.15) is 5.75 Å². The topological polar surface area (TPSA) is 41.6 Å². The van der Waals surface area contributed by atoms with Crippen molar-refractivity contribution in [3.8, 4) is 5.75 Å². The van der Waals surface area contributed by atoms with Crippen LogP contribution < -0.4 is 10.1 Å². The van der Waals surface area contributed by atoms with Gasteiger partial charge in [0, 0.05) is 12.6 Å². The average molecular weight is 347 g/mol. The van der Waals surface area contributed by atoms with Crippen molar-refractivity contribution in [3.63, 3.8) is 0 Å². The quantitative estimate of drug-likeness (QED) is 0.799. The van der Waals surface area contributed by atoms with Crippen LogP contribution in [0.5, 0.6) is 5.75 Å². The molecular formula is C19H23ClN2O2. The zero-order valence-corrected chi connectivity index (χ0v) is 14.8. The lowest BCUT2D eigenvalue weighted by molar-refractivity contribution is -0.123. The van der Waals surface area contributed by atoms with Crippen LogP contribution in [0, 0.1) is 0 Å². The Morgan fingerprint density at radius 3 is 2.46 bits per heavy atom. The van der Waals surface area contributed by atoms with Crippen LogP contribution >= 0.6 is 11.6 Å². The van der Waals surface area contributed by atoms with Crippen LogP contribution in [0.3, 0.4) is 0 Å². The zero-order valence-electron chi connectivity index (χ0n) is 14.0. The standard InChI is InChI=1S/C19H23ClN2O2/c1-22(2)16(12-15-8-4-3-5-9-15)13-21-19(23)14-24-18-11-7-6-10-17(18)20/h3-11,16H,12-14H2,1-2H3,(H,21,23). The van der Waals surface area contributed by atoms with Gasteiger partial charge >= 0.3 is 0 Å². The second-order valence-electron chi connectivity index (χ2n) is 5.83. The summed E-state index contributed by atoms with van der Waals surface area (Å²) in [7, 11) is 4.03. The number of carbonyl (C=O) groups is 1. The predicted molar refractivity (Wildman–Crippen MR) is 97.6 cm³/mol. The number of hydrogen-bond donors (Lipinski definition) is 1. The molecule has 5 heteroatoms. The number of nitrogens with zero attached hydrogens (tertiary/aromatic N) is 1. The van der Waals surface area contributed by atoms with Gasteiger partial charge in [-0.3, -0.25) is 4.79 Å². The Kier molecular flexibility index (Phi) is 7.09. The van der Waals surface area contributed by atoms with Crippen LogP contribution in [0.4, 0.5) is 0 Å². The molecule has 0 aromatic heterocycles. The SMILES string of the molecule is CN(C)C(CNC(=O)COc1ccccc1Cl)Cc1ccccc1. The van der Waals surface area contributed by atoms with E-state index in [9.17, 15) is 4.79 Å². The maximum absolute atomic E-state index is 12.0. The molecule has 1 unspecified atom stereocenters. The summed E-state index contributed by atoms with van der Waals surface area (Å²) < 4.78 is 5.45. The van der Waals surface area contributed by atoms with E-state index < -0.39 is 0 Å². The summed E-state index contributed by atoms with van der Waals surface area (Å²) in [5, 5.41) is 3.43. The third-order valence-corrected chi connectivity index (χ3v) is 4.09. The highest BCUT2D eigenvalue weighted by molar-refractivity contribution is 6.32. The van der Waals surface area contributed by atoms with Crippen molar-refractivity contribution in [3.05, 3.63) is 65.2 Å². The average Bonchev–Trinajstić information content (AvgIpc) is 2.58. The lowest BCUT2D eigenvalue weighted by atomic mass is 10.1. The minimum Gasteiger partial charge on any atom is -0.482 e. The number of para-hydroxylation sites is 1. The Morgan fingerprint density at radius 2 is 1.79 bits per heavy atom. The summed E-state index contributed by atoms with van der Waals surface area (Å²) in [4.78, 5) is 14.1. The highest BCUT2D eigenvalue weighted by atomic mass is 35.5. The molecule has 0 bridgehead atoms. The monoisotopic (exact) mass is 346 g/mol. The van der Waals surface area contributed by atoms with Crippen molar-refractivity contribution in [1.82, 2.24) is 10.2 Å². The molecule has 1 N–H and O–H groups in total. The fraction of sp³-hybridized carbons (Fsp3) is 0.316. The first-order chi connectivity index (χ1) is 11.6. The van der Waals surface area contributed by atoms with Gasteiger partial charge in [-0.25, -0.2) is 0 Å². The molecule has 24 heavy (non-hydrogen) atoms. The van der Waals surface area contributed by atoms with Crippen molar-refractivity contribution < 1.29 is 9.53 Å². The molecule has 0 heterocycles. The first kappa shape index (κ1) is 18.3. The molecule has 0 aliphatic rings. The lowest BCUT2D eigenvalue weighted by Gasteiger charge is -2.24. The van der Waals surface area contributed by atoms with Crippen LogP contribution in [0.15, 0.2) is 54.6 Å². The number of hydrogen-bond acceptors (Lipinski definition) is 3. The number of likely N-dealkylation sites (N-methyl/N-ethyl adjacent to an activating group) is 1. The Hall–Kier alpha value is -2.04. The summed E-state index contributed by atoms with van der Waals surface area (Å²) in [6, 6.07) is 17.6. The molecule has 2 aromatic carbocycles. The fourth-order valence-corrected chi connectivity index (χ4v) is 2.50. The summed E-state index contributed by atoms with van der Waals surface area (Å²) >= 11 is 6.00. The molecule has 0 radical (unpaired) electrons. The highest BCUT2D eigenvalue weighted by Crippen LogP contribution is 2.22. The molecule has 2 rings (SSSR count). The van der Waals surface area contributed by atoms with E-state index in [2.05, 4.69) is 22.3 Å². The third kappa shape index (κ3) is 5.87. The van der Waals surface area contributed by atoms with Gasteiger partial charge in [-0.15, -0.1) is 0 Å². The Labute approximate surface area is 148 Å². The van der Waals surface area contributed by atoms with Gasteiger partial charge in [-0.2, -0.15) is 0 Å². The third-order valence-electron chi connectivity index (χ3n) is 3.77. The van der Waals surface area contributed by atoms with E-state index in [-0.39, 0.29) is 18.6 Å². The van der Waals surface area contributed by atoms with Gasteiger partial charge in [0.15, 0.2) is 6.61 Å². The Bertz CT molecular complexity index is 647. The predicted octanol–water partition coefficient (Wildman–Crippen LogP) is 3.01. The number of amides is 1. The summed E-state index contributed by atoms with van der Waals surface area (Å²) in [5.74, 6) is 0.359. The Morgan fingerprint density at radius 1 is 1.12 bits per heavy atom. The van der Waals surface area contributed by atoms with E-state index >= 15 is 0 Å². The van der Waals surface area contributed by atoms with E-state index in [0.717, 1.165) is 6.42 Å². The molecule has 0 aliphatic carbocycles. The van der Waals surface area contributed by atoms with Crippen LogP contribution in [-0.4, -0.2) is 44.1 Å². The van der Waals surface area contributed by atoms with Crippen molar-refractivity contribution in [2.75, 3.05) is 27.2 Å². The minimum absolute atomic E-state index is 0.0464. The molecule has 4 nitrogen and oxygen atoms in total. The lowest BCUT2D eigenvalue weighted by Crippen LogP contribution is -2.42. The first-order valence-electron chi connectivity index (χ1n) is 7.90. The van der Waals surface area contributed by atoms with E-state index in [1.807, 2.05) is 44.4 Å². The first-order valence-corrected chi connectivity index (χ1v) is 8.28. The largest absolute Gasteiger partial charge is 0.482 e. The fourth-order valence-electron chi connectivity index (χ4n) is 2.31. The van der Waals surface area contributed by atoms with Gasteiger partial charge in [0.2, 0.25) is 0 Å².